The van der Waals surface area contributed by atoms with Gasteiger partial charge in [-0.05, 0) is 53.1 Å². The smallest absolute Gasteiger partial charge is 0.266 e. The lowest BCUT2D eigenvalue weighted by Crippen LogP contribution is -2.14. The molecule has 0 heterocycles. The molecule has 33 heavy (non-hydrogen) atoms. The summed E-state index contributed by atoms with van der Waals surface area (Å²) in [5.41, 5.74) is 3.08. The summed E-state index contributed by atoms with van der Waals surface area (Å²) >= 11 is 6.07. The number of carbonyl (C=O) groups is 1. The van der Waals surface area contributed by atoms with Crippen molar-refractivity contribution >= 4 is 40.0 Å². The molecule has 0 radical (unpaired) electrons. The van der Waals surface area contributed by atoms with Gasteiger partial charge in [0.2, 0.25) is 0 Å². The van der Waals surface area contributed by atoms with Crippen molar-refractivity contribution in [3.63, 3.8) is 0 Å². The van der Waals surface area contributed by atoms with E-state index < -0.39 is 5.91 Å². The summed E-state index contributed by atoms with van der Waals surface area (Å²) in [7, 11) is 0. The van der Waals surface area contributed by atoms with Gasteiger partial charge in [-0.2, -0.15) is 5.26 Å². The molecule has 0 atom stereocenters. The molecule has 1 amide bonds. The Hall–Kier alpha value is -4.07. The lowest BCUT2D eigenvalue weighted by Gasteiger charge is -2.13. The molecular weight excluding hydrogens is 432 g/mol. The van der Waals surface area contributed by atoms with Crippen LogP contribution in [0.5, 0.6) is 5.75 Å². The number of benzene rings is 4. The molecule has 4 nitrogen and oxygen atoms in total. The van der Waals surface area contributed by atoms with E-state index in [1.165, 1.54) is 0 Å². The number of rotatable bonds is 6. The lowest BCUT2D eigenvalue weighted by molar-refractivity contribution is -0.112. The molecule has 4 aromatic rings. The molecule has 1 N–H and O–H groups in total. The van der Waals surface area contributed by atoms with Crippen molar-refractivity contribution in [2.75, 3.05) is 5.32 Å². The summed E-state index contributed by atoms with van der Waals surface area (Å²) in [4.78, 5) is 13.0. The highest BCUT2D eigenvalue weighted by Crippen LogP contribution is 2.31. The van der Waals surface area contributed by atoms with Crippen molar-refractivity contribution in [1.82, 2.24) is 0 Å². The Morgan fingerprint density at radius 1 is 1.03 bits per heavy atom. The molecule has 0 aliphatic rings. The van der Waals surface area contributed by atoms with Gasteiger partial charge in [0.1, 0.15) is 24.0 Å². The van der Waals surface area contributed by atoms with E-state index in [1.54, 1.807) is 18.2 Å². The van der Waals surface area contributed by atoms with Gasteiger partial charge in [-0.3, -0.25) is 4.79 Å². The van der Waals surface area contributed by atoms with Gasteiger partial charge in [-0.25, -0.2) is 0 Å². The number of ether oxygens (including phenoxy) is 1. The average Bonchev–Trinajstić information content (AvgIpc) is 2.84. The Morgan fingerprint density at radius 2 is 1.79 bits per heavy atom. The number of anilines is 1. The number of fused-ring (bicyclic) bond motifs is 1. The molecule has 0 bridgehead atoms. The summed E-state index contributed by atoms with van der Waals surface area (Å²) in [6.07, 6.45) is 1.58. The van der Waals surface area contributed by atoms with Crippen molar-refractivity contribution in [3.8, 4) is 11.8 Å². The Labute approximate surface area is 197 Å². The highest BCUT2D eigenvalue weighted by molar-refractivity contribution is 6.31. The van der Waals surface area contributed by atoms with Crippen molar-refractivity contribution in [3.05, 3.63) is 112 Å². The minimum absolute atomic E-state index is 0.0321. The minimum Gasteiger partial charge on any atom is -0.488 e. The van der Waals surface area contributed by atoms with Gasteiger partial charge in [-0.15, -0.1) is 0 Å². The predicted molar refractivity (Wildman–Crippen MR) is 133 cm³/mol. The zero-order valence-electron chi connectivity index (χ0n) is 18.0. The van der Waals surface area contributed by atoms with Crippen LogP contribution in [-0.4, -0.2) is 5.91 Å². The van der Waals surface area contributed by atoms with Gasteiger partial charge in [0.25, 0.3) is 5.91 Å². The van der Waals surface area contributed by atoms with Gasteiger partial charge in [0, 0.05) is 16.3 Å². The molecule has 0 saturated carbocycles. The second kappa shape index (κ2) is 10.0. The average molecular weight is 453 g/mol. The fourth-order valence-electron chi connectivity index (χ4n) is 3.50. The van der Waals surface area contributed by atoms with E-state index in [1.807, 2.05) is 85.8 Å². The second-order valence-electron chi connectivity index (χ2n) is 7.56. The first-order valence-electron chi connectivity index (χ1n) is 10.4. The van der Waals surface area contributed by atoms with E-state index in [0.29, 0.717) is 28.6 Å². The van der Waals surface area contributed by atoms with Crippen LogP contribution < -0.4 is 10.1 Å². The quantitative estimate of drug-likeness (QED) is 0.255. The normalized spacial score (nSPS) is 11.1. The second-order valence-corrected chi connectivity index (χ2v) is 7.99. The Kier molecular flexibility index (Phi) is 6.73. The number of amides is 1. The molecule has 0 aliphatic carbocycles. The summed E-state index contributed by atoms with van der Waals surface area (Å²) in [6.45, 7) is 2.23. The minimum atomic E-state index is -0.509. The van der Waals surface area contributed by atoms with Crippen LogP contribution >= 0.6 is 11.6 Å². The highest BCUT2D eigenvalue weighted by atomic mass is 35.5. The van der Waals surface area contributed by atoms with Crippen LogP contribution in [-0.2, 0) is 11.4 Å². The van der Waals surface area contributed by atoms with E-state index in [9.17, 15) is 10.1 Å². The summed E-state index contributed by atoms with van der Waals surface area (Å²) in [5.74, 6) is 0.0850. The molecule has 5 heteroatoms. The van der Waals surface area contributed by atoms with Crippen molar-refractivity contribution < 1.29 is 9.53 Å². The van der Waals surface area contributed by atoms with Crippen LogP contribution in [0.25, 0.3) is 16.8 Å². The Balaban J connectivity index is 1.71. The van der Waals surface area contributed by atoms with E-state index in [-0.39, 0.29) is 5.57 Å². The third kappa shape index (κ3) is 5.23. The molecule has 4 rings (SSSR count). The van der Waals surface area contributed by atoms with E-state index in [2.05, 4.69) is 5.32 Å². The van der Waals surface area contributed by atoms with Gasteiger partial charge in [0.05, 0.1) is 0 Å². The molecule has 0 unspecified atom stereocenters. The maximum Gasteiger partial charge on any atom is 0.266 e. The number of aryl methyl sites for hydroxylation is 1. The topological polar surface area (TPSA) is 62.1 Å². The maximum atomic E-state index is 13.0. The zero-order chi connectivity index (χ0) is 23.2. The zero-order valence-corrected chi connectivity index (χ0v) is 18.8. The van der Waals surface area contributed by atoms with Crippen LogP contribution in [0, 0.1) is 18.3 Å². The van der Waals surface area contributed by atoms with E-state index in [4.69, 9.17) is 16.3 Å². The van der Waals surface area contributed by atoms with Gasteiger partial charge in [0.15, 0.2) is 0 Å². The van der Waals surface area contributed by atoms with Gasteiger partial charge >= 0.3 is 0 Å². The number of carbonyl (C=O) groups excluding carboxylic acids is 1. The molecule has 0 fully saturated rings. The van der Waals surface area contributed by atoms with Crippen LogP contribution in [0.4, 0.5) is 5.69 Å². The van der Waals surface area contributed by atoms with Gasteiger partial charge in [-0.1, -0.05) is 78.3 Å². The number of nitriles is 1. The van der Waals surface area contributed by atoms with Crippen molar-refractivity contribution in [1.29, 1.82) is 5.26 Å². The number of hydrogen-bond acceptors (Lipinski definition) is 3. The fraction of sp³-hybridized carbons (Fsp3) is 0.0714. The molecule has 0 aliphatic heterocycles. The maximum absolute atomic E-state index is 13.0. The highest BCUT2D eigenvalue weighted by Gasteiger charge is 2.15. The third-order valence-electron chi connectivity index (χ3n) is 5.27. The third-order valence-corrected chi connectivity index (χ3v) is 5.50. The molecule has 162 valence electrons. The number of hydrogen-bond donors (Lipinski definition) is 1. The van der Waals surface area contributed by atoms with Crippen molar-refractivity contribution in [2.24, 2.45) is 0 Å². The van der Waals surface area contributed by atoms with E-state index in [0.717, 1.165) is 21.9 Å². The lowest BCUT2D eigenvalue weighted by atomic mass is 10.0. The van der Waals surface area contributed by atoms with Crippen LogP contribution in [0.15, 0.2) is 90.5 Å². The number of nitrogens with zero attached hydrogens (tertiary/aromatic N) is 1. The Morgan fingerprint density at radius 3 is 2.58 bits per heavy atom. The number of nitrogens with one attached hydrogen (secondary N) is 1. The summed E-state index contributed by atoms with van der Waals surface area (Å²) in [5, 5.41) is 15.0. The van der Waals surface area contributed by atoms with Crippen molar-refractivity contribution in [2.45, 2.75) is 13.5 Å². The summed E-state index contributed by atoms with van der Waals surface area (Å²) < 4.78 is 6.11. The summed E-state index contributed by atoms with van der Waals surface area (Å²) in [6, 6.07) is 28.7. The standard InChI is InChI=1S/C28H21ClN2O2/c1-19-11-13-23(29)16-26(19)31-28(32)22(17-30)15-25-24-10-6-5-9-21(24)12-14-27(25)33-18-20-7-3-2-4-8-20/h2-16H,18H2,1H3,(H,31,32)/b22-15+. The van der Waals surface area contributed by atoms with Gasteiger partial charge < -0.3 is 10.1 Å². The molecule has 0 aromatic heterocycles. The molecular formula is C28H21ClN2O2. The largest absolute Gasteiger partial charge is 0.488 e. The van der Waals surface area contributed by atoms with Crippen LogP contribution in [0.1, 0.15) is 16.7 Å². The first-order chi connectivity index (χ1) is 16.0. The SMILES string of the molecule is Cc1ccc(Cl)cc1NC(=O)/C(C#N)=C/c1c(OCc2ccccc2)ccc2ccccc12. The van der Waals surface area contributed by atoms with Crippen LogP contribution in [0.3, 0.4) is 0 Å². The van der Waals surface area contributed by atoms with E-state index >= 15 is 0 Å². The molecule has 0 spiro atoms. The molecule has 0 saturated heterocycles. The first-order valence-corrected chi connectivity index (χ1v) is 10.8. The van der Waals surface area contributed by atoms with Crippen LogP contribution in [0.2, 0.25) is 5.02 Å². The monoisotopic (exact) mass is 452 g/mol. The Bertz CT molecular complexity index is 1390. The predicted octanol–water partition coefficient (Wildman–Crippen LogP) is 6.93. The fourth-order valence-corrected chi connectivity index (χ4v) is 3.67. The first kappa shape index (κ1) is 22.1. The number of halogens is 1. The molecule has 4 aromatic carbocycles.